The first-order valence-corrected chi connectivity index (χ1v) is 14.9. The van der Waals surface area contributed by atoms with Gasteiger partial charge in [-0.1, -0.05) is 24.3 Å². The van der Waals surface area contributed by atoms with E-state index in [0.29, 0.717) is 4.90 Å². The second kappa shape index (κ2) is 10.2. The Morgan fingerprint density at radius 1 is 0.895 bits per heavy atom. The largest absolute Gasteiger partial charge is 0.390 e. The highest BCUT2D eigenvalue weighted by atomic mass is 32.2. The highest BCUT2D eigenvalue weighted by Crippen LogP contribution is 2.31. The lowest BCUT2D eigenvalue weighted by Gasteiger charge is -2.37. The number of hydrogen-bond donors (Lipinski definition) is 1. The zero-order chi connectivity index (χ0) is 27.1. The molecule has 1 N–H and O–H groups in total. The van der Waals surface area contributed by atoms with Crippen molar-refractivity contribution in [3.63, 3.8) is 0 Å². The predicted molar refractivity (Wildman–Crippen MR) is 154 cm³/mol. The molecule has 1 fully saturated rings. The van der Waals surface area contributed by atoms with Crippen molar-refractivity contribution in [1.82, 2.24) is 14.5 Å². The number of nitrogens with zero attached hydrogens (tertiary/aromatic N) is 4. The minimum absolute atomic E-state index is 0.316. The molecule has 1 aliphatic rings. The second-order valence-electron chi connectivity index (χ2n) is 11.0. The summed E-state index contributed by atoms with van der Waals surface area (Å²) in [5, 5.41) is 10.00. The van der Waals surface area contributed by atoms with E-state index in [-0.39, 0.29) is 0 Å². The average Bonchev–Trinajstić information content (AvgIpc) is 3.23. The molecule has 200 valence electrons. The van der Waals surface area contributed by atoms with Gasteiger partial charge in [0.15, 0.2) is 9.84 Å². The Labute approximate surface area is 225 Å². The van der Waals surface area contributed by atoms with E-state index in [4.69, 9.17) is 4.98 Å². The van der Waals surface area contributed by atoms with Crippen LogP contribution in [0.25, 0.3) is 33.4 Å². The number of aliphatic hydroxyl groups is 1. The standard InChI is InChI=1S/C30H36N4O3S/c1-30(2,35)13-14-33-15-17-34(18-16-33)25-9-5-22(6-10-25)24-19-29-27(31-21-24)20-28(32(29)3)23-7-11-26(12-8-23)38(4,36)37/h5-12,19-21,35H,13-18H2,1-4H3. The van der Waals surface area contributed by atoms with Crippen molar-refractivity contribution in [3.05, 3.63) is 66.9 Å². The maximum absolute atomic E-state index is 11.8. The van der Waals surface area contributed by atoms with Gasteiger partial charge in [-0.15, -0.1) is 0 Å². The molecule has 0 saturated carbocycles. The fraction of sp³-hybridized carbons (Fsp3) is 0.367. The molecule has 3 heterocycles. The summed E-state index contributed by atoms with van der Waals surface area (Å²) in [7, 11) is -1.21. The zero-order valence-corrected chi connectivity index (χ0v) is 23.4. The van der Waals surface area contributed by atoms with Crippen LogP contribution in [0, 0.1) is 0 Å². The minimum atomic E-state index is -3.23. The molecule has 2 aromatic carbocycles. The van der Waals surface area contributed by atoms with Crippen LogP contribution >= 0.6 is 0 Å². The van der Waals surface area contributed by atoms with Crippen LogP contribution in [0.4, 0.5) is 5.69 Å². The number of rotatable bonds is 7. The first-order valence-electron chi connectivity index (χ1n) is 13.0. The van der Waals surface area contributed by atoms with Crippen LogP contribution in [-0.2, 0) is 16.9 Å². The average molecular weight is 533 g/mol. The lowest BCUT2D eigenvalue weighted by molar-refractivity contribution is 0.0569. The summed E-state index contributed by atoms with van der Waals surface area (Å²) < 4.78 is 25.7. The summed E-state index contributed by atoms with van der Waals surface area (Å²) in [5.41, 5.74) is 6.65. The third-order valence-corrected chi connectivity index (χ3v) is 8.58. The third-order valence-electron chi connectivity index (χ3n) is 7.45. The van der Waals surface area contributed by atoms with Crippen LogP contribution in [0.1, 0.15) is 20.3 Å². The van der Waals surface area contributed by atoms with E-state index in [1.807, 2.05) is 45.3 Å². The van der Waals surface area contributed by atoms with Crippen molar-refractivity contribution in [2.45, 2.75) is 30.8 Å². The highest BCUT2D eigenvalue weighted by molar-refractivity contribution is 7.90. The Kier molecular flexibility index (Phi) is 7.07. The van der Waals surface area contributed by atoms with E-state index in [2.05, 4.69) is 44.7 Å². The normalized spacial score (nSPS) is 15.3. The summed E-state index contributed by atoms with van der Waals surface area (Å²) in [6.07, 6.45) is 3.92. The molecule has 38 heavy (non-hydrogen) atoms. The van der Waals surface area contributed by atoms with Crippen molar-refractivity contribution in [1.29, 1.82) is 0 Å². The number of pyridine rings is 1. The third kappa shape index (κ3) is 5.77. The Bertz CT molecular complexity index is 1530. The zero-order valence-electron chi connectivity index (χ0n) is 22.6. The molecular weight excluding hydrogens is 496 g/mol. The first-order chi connectivity index (χ1) is 18.0. The van der Waals surface area contributed by atoms with Crippen LogP contribution in [-0.4, -0.2) is 72.6 Å². The van der Waals surface area contributed by atoms with Gasteiger partial charge in [-0.2, -0.15) is 0 Å². The lowest BCUT2D eigenvalue weighted by Crippen LogP contribution is -2.47. The van der Waals surface area contributed by atoms with Gasteiger partial charge in [0.05, 0.1) is 27.2 Å². The van der Waals surface area contributed by atoms with E-state index in [1.165, 1.54) is 11.9 Å². The SMILES string of the molecule is Cn1c(-c2ccc(S(C)(=O)=O)cc2)cc2ncc(-c3ccc(N4CCN(CCC(C)(C)O)CC4)cc3)cc21. The van der Waals surface area contributed by atoms with Crippen molar-refractivity contribution in [2.75, 3.05) is 43.9 Å². The number of aromatic nitrogens is 2. The Balaban J connectivity index is 1.30. The summed E-state index contributed by atoms with van der Waals surface area (Å²) >= 11 is 0. The van der Waals surface area contributed by atoms with Gasteiger partial charge in [0.2, 0.25) is 0 Å². The van der Waals surface area contributed by atoms with Crippen molar-refractivity contribution >= 4 is 26.6 Å². The Morgan fingerprint density at radius 3 is 2.13 bits per heavy atom. The summed E-state index contributed by atoms with van der Waals surface area (Å²) in [5.74, 6) is 0. The molecule has 8 heteroatoms. The summed E-state index contributed by atoms with van der Waals surface area (Å²) in [6, 6.07) is 19.9. The topological polar surface area (TPSA) is 78.7 Å². The van der Waals surface area contributed by atoms with Crippen molar-refractivity contribution < 1.29 is 13.5 Å². The van der Waals surface area contributed by atoms with Crippen LogP contribution < -0.4 is 4.90 Å². The van der Waals surface area contributed by atoms with E-state index >= 15 is 0 Å². The number of anilines is 1. The molecule has 4 aromatic rings. The second-order valence-corrected chi connectivity index (χ2v) is 13.0. The minimum Gasteiger partial charge on any atom is -0.390 e. The smallest absolute Gasteiger partial charge is 0.175 e. The fourth-order valence-corrected chi connectivity index (χ4v) is 5.66. The summed E-state index contributed by atoms with van der Waals surface area (Å²) in [6.45, 7) is 8.65. The number of fused-ring (bicyclic) bond motifs is 1. The van der Waals surface area contributed by atoms with Gasteiger partial charge in [0, 0.05) is 63.5 Å². The molecule has 7 nitrogen and oxygen atoms in total. The monoisotopic (exact) mass is 532 g/mol. The van der Waals surface area contributed by atoms with Crippen LogP contribution in [0.15, 0.2) is 71.8 Å². The number of benzene rings is 2. The maximum atomic E-state index is 11.8. The molecule has 0 spiro atoms. The number of aryl methyl sites for hydroxylation is 1. The van der Waals surface area contributed by atoms with Crippen molar-refractivity contribution in [3.8, 4) is 22.4 Å². The molecule has 5 rings (SSSR count). The van der Waals surface area contributed by atoms with Gasteiger partial charge < -0.3 is 14.6 Å². The Morgan fingerprint density at radius 2 is 1.53 bits per heavy atom. The summed E-state index contributed by atoms with van der Waals surface area (Å²) in [4.78, 5) is 9.89. The van der Waals surface area contributed by atoms with Gasteiger partial charge in [0.25, 0.3) is 0 Å². The number of sulfone groups is 1. The molecular formula is C30H36N4O3S. The molecule has 0 atom stereocenters. The molecule has 0 bridgehead atoms. The van der Waals surface area contributed by atoms with E-state index in [9.17, 15) is 13.5 Å². The van der Waals surface area contributed by atoms with Crippen LogP contribution in [0.3, 0.4) is 0 Å². The van der Waals surface area contributed by atoms with E-state index in [1.54, 1.807) is 12.1 Å². The van der Waals surface area contributed by atoms with Crippen LogP contribution in [0.5, 0.6) is 0 Å². The molecule has 1 saturated heterocycles. The Hall–Kier alpha value is -3.20. The van der Waals surface area contributed by atoms with Gasteiger partial charge in [0.1, 0.15) is 0 Å². The number of piperazine rings is 1. The molecule has 0 aliphatic carbocycles. The lowest BCUT2D eigenvalue weighted by atomic mass is 10.0. The molecule has 0 radical (unpaired) electrons. The van der Waals surface area contributed by atoms with E-state index < -0.39 is 15.4 Å². The van der Waals surface area contributed by atoms with Gasteiger partial charge >= 0.3 is 0 Å². The van der Waals surface area contributed by atoms with Gasteiger partial charge in [-0.3, -0.25) is 9.88 Å². The number of hydrogen-bond acceptors (Lipinski definition) is 6. The maximum Gasteiger partial charge on any atom is 0.175 e. The van der Waals surface area contributed by atoms with E-state index in [0.717, 1.165) is 72.6 Å². The quantitative estimate of drug-likeness (QED) is 0.375. The molecule has 0 unspecified atom stereocenters. The van der Waals surface area contributed by atoms with Crippen molar-refractivity contribution in [2.24, 2.45) is 7.05 Å². The first kappa shape index (κ1) is 26.4. The molecule has 0 amide bonds. The van der Waals surface area contributed by atoms with Gasteiger partial charge in [-0.25, -0.2) is 8.42 Å². The fourth-order valence-electron chi connectivity index (χ4n) is 5.03. The predicted octanol–water partition coefficient (Wildman–Crippen LogP) is 4.59. The molecule has 1 aliphatic heterocycles. The van der Waals surface area contributed by atoms with Gasteiger partial charge in [-0.05, 0) is 67.8 Å². The highest BCUT2D eigenvalue weighted by Gasteiger charge is 2.20. The van der Waals surface area contributed by atoms with Crippen LogP contribution in [0.2, 0.25) is 0 Å². The molecule has 2 aromatic heterocycles.